The fourth-order valence-electron chi connectivity index (χ4n) is 2.52. The molecule has 0 fully saturated rings. The zero-order chi connectivity index (χ0) is 19.2. The van der Waals surface area contributed by atoms with Crippen LogP contribution in [0.2, 0.25) is 0 Å². The third-order valence-corrected chi connectivity index (χ3v) is 5.40. The van der Waals surface area contributed by atoms with E-state index in [0.717, 1.165) is 11.1 Å². The lowest BCUT2D eigenvalue weighted by Crippen LogP contribution is -2.39. The van der Waals surface area contributed by atoms with E-state index in [2.05, 4.69) is 4.72 Å². The van der Waals surface area contributed by atoms with Gasteiger partial charge in [-0.25, -0.2) is 13.1 Å². The smallest absolute Gasteiger partial charge is 0.244 e. The number of sulfonamides is 1. The number of likely N-dealkylation sites (N-methyl/N-ethyl adjacent to an activating group) is 1. The van der Waals surface area contributed by atoms with Gasteiger partial charge in [0.1, 0.15) is 10.6 Å². The molecule has 140 valence electrons. The molecule has 2 rings (SSSR count). The summed E-state index contributed by atoms with van der Waals surface area (Å²) in [6.07, 6.45) is 0. The van der Waals surface area contributed by atoms with E-state index in [1.807, 2.05) is 37.3 Å². The van der Waals surface area contributed by atoms with Crippen molar-refractivity contribution in [2.45, 2.75) is 25.3 Å². The number of carbonyl (C=O) groups excluding carboxylic acids is 1. The minimum Gasteiger partial charge on any atom is -0.495 e. The minimum atomic E-state index is -3.86. The quantitative estimate of drug-likeness (QED) is 0.767. The molecule has 0 aliphatic rings. The molecule has 0 aliphatic carbocycles. The monoisotopic (exact) mass is 376 g/mol. The van der Waals surface area contributed by atoms with Crippen LogP contribution < -0.4 is 9.46 Å². The molecule has 7 heteroatoms. The van der Waals surface area contributed by atoms with Gasteiger partial charge < -0.3 is 9.64 Å². The van der Waals surface area contributed by atoms with Crippen molar-refractivity contribution in [3.63, 3.8) is 0 Å². The largest absolute Gasteiger partial charge is 0.495 e. The van der Waals surface area contributed by atoms with Gasteiger partial charge in [-0.3, -0.25) is 4.79 Å². The highest BCUT2D eigenvalue weighted by atomic mass is 32.2. The second-order valence-electron chi connectivity index (χ2n) is 5.87. The van der Waals surface area contributed by atoms with Crippen molar-refractivity contribution in [2.24, 2.45) is 0 Å². The molecule has 1 N–H and O–H groups in total. The topological polar surface area (TPSA) is 75.7 Å². The second-order valence-corrected chi connectivity index (χ2v) is 7.61. The van der Waals surface area contributed by atoms with Crippen molar-refractivity contribution >= 4 is 15.9 Å². The minimum absolute atomic E-state index is 0.0268. The average molecular weight is 376 g/mol. The molecule has 0 aromatic heterocycles. The van der Waals surface area contributed by atoms with Gasteiger partial charge >= 0.3 is 0 Å². The molecule has 0 aliphatic heterocycles. The third kappa shape index (κ3) is 5.06. The van der Waals surface area contributed by atoms with Gasteiger partial charge in [-0.15, -0.1) is 0 Å². The molecule has 0 atom stereocenters. The summed E-state index contributed by atoms with van der Waals surface area (Å²) in [7, 11) is -2.45. The molecular formula is C19H24N2O4S. The maximum atomic E-state index is 12.6. The molecule has 0 saturated heterocycles. The molecule has 0 radical (unpaired) electrons. The highest BCUT2D eigenvalue weighted by Gasteiger charge is 2.22. The fourth-order valence-corrected chi connectivity index (χ4v) is 3.75. The Kier molecular flexibility index (Phi) is 6.76. The lowest BCUT2D eigenvalue weighted by atomic mass is 10.2. The van der Waals surface area contributed by atoms with Crippen molar-refractivity contribution in [1.29, 1.82) is 0 Å². The number of nitrogens with one attached hydrogen (secondary N) is 1. The zero-order valence-electron chi connectivity index (χ0n) is 15.2. The molecule has 1 amide bonds. The van der Waals surface area contributed by atoms with Crippen LogP contribution in [-0.2, 0) is 21.4 Å². The van der Waals surface area contributed by atoms with Crippen molar-refractivity contribution in [3.8, 4) is 5.75 Å². The van der Waals surface area contributed by atoms with E-state index >= 15 is 0 Å². The summed E-state index contributed by atoms with van der Waals surface area (Å²) < 4.78 is 32.7. The summed E-state index contributed by atoms with van der Waals surface area (Å²) in [5.41, 5.74) is 1.78. The maximum Gasteiger partial charge on any atom is 0.244 e. The number of methoxy groups -OCH3 is 1. The molecule has 26 heavy (non-hydrogen) atoms. The predicted octanol–water partition coefficient (Wildman–Crippen LogP) is 2.33. The van der Waals surface area contributed by atoms with Crippen LogP contribution >= 0.6 is 0 Å². The summed E-state index contributed by atoms with van der Waals surface area (Å²) in [6, 6.07) is 14.5. The third-order valence-electron chi connectivity index (χ3n) is 3.97. The summed E-state index contributed by atoms with van der Waals surface area (Å²) in [5.74, 6) is -0.0428. The molecule has 0 heterocycles. The van der Waals surface area contributed by atoms with Gasteiger partial charge in [0, 0.05) is 13.1 Å². The number of ether oxygens (including phenoxy) is 1. The van der Waals surface area contributed by atoms with Gasteiger partial charge in [0.05, 0.1) is 13.7 Å². The Balaban J connectivity index is 2.08. The maximum absolute atomic E-state index is 12.6. The normalized spacial score (nSPS) is 11.2. The van der Waals surface area contributed by atoms with Crippen LogP contribution in [0, 0.1) is 6.92 Å². The first-order chi connectivity index (χ1) is 12.4. The van der Waals surface area contributed by atoms with E-state index in [4.69, 9.17) is 4.74 Å². The number of aryl methyl sites for hydroxylation is 1. The molecule has 0 spiro atoms. The van der Waals surface area contributed by atoms with E-state index in [1.54, 1.807) is 24.0 Å². The highest BCUT2D eigenvalue weighted by Crippen LogP contribution is 2.24. The number of hydrogen-bond acceptors (Lipinski definition) is 4. The highest BCUT2D eigenvalue weighted by molar-refractivity contribution is 7.89. The second kappa shape index (κ2) is 8.82. The van der Waals surface area contributed by atoms with Crippen molar-refractivity contribution < 1.29 is 17.9 Å². The number of carbonyl (C=O) groups is 1. The van der Waals surface area contributed by atoms with Gasteiger partial charge in [-0.05, 0) is 37.1 Å². The Morgan fingerprint density at radius 1 is 1.15 bits per heavy atom. The van der Waals surface area contributed by atoms with Crippen LogP contribution in [0.4, 0.5) is 0 Å². The number of amides is 1. The molecule has 2 aromatic rings. The summed E-state index contributed by atoms with van der Waals surface area (Å²) >= 11 is 0. The van der Waals surface area contributed by atoms with E-state index < -0.39 is 10.0 Å². The first kappa shape index (κ1) is 19.9. The van der Waals surface area contributed by atoms with E-state index in [9.17, 15) is 13.2 Å². The lowest BCUT2D eigenvalue weighted by Gasteiger charge is -2.21. The molecule has 0 bridgehead atoms. The predicted molar refractivity (Wildman–Crippen MR) is 100 cm³/mol. The molecule has 6 nitrogen and oxygen atoms in total. The molecule has 2 aromatic carbocycles. The van der Waals surface area contributed by atoms with Gasteiger partial charge in [-0.1, -0.05) is 36.4 Å². The number of rotatable bonds is 8. The number of benzene rings is 2. The van der Waals surface area contributed by atoms with Crippen LogP contribution in [0.3, 0.4) is 0 Å². The Hall–Kier alpha value is -2.38. The van der Waals surface area contributed by atoms with Crippen molar-refractivity contribution in [1.82, 2.24) is 9.62 Å². The molecular weight excluding hydrogens is 352 g/mol. The molecule has 0 saturated carbocycles. The van der Waals surface area contributed by atoms with E-state index in [0.29, 0.717) is 13.1 Å². The Bertz CT molecular complexity index is 851. The Morgan fingerprint density at radius 2 is 1.85 bits per heavy atom. The first-order valence-corrected chi connectivity index (χ1v) is 9.81. The van der Waals surface area contributed by atoms with Crippen LogP contribution in [0.15, 0.2) is 53.4 Å². The summed E-state index contributed by atoms with van der Waals surface area (Å²) in [6.45, 7) is 4.27. The van der Waals surface area contributed by atoms with E-state index in [1.165, 1.54) is 13.2 Å². The lowest BCUT2D eigenvalue weighted by molar-refractivity contribution is -0.130. The number of nitrogens with zero attached hydrogens (tertiary/aromatic N) is 1. The number of hydrogen-bond donors (Lipinski definition) is 1. The standard InChI is InChI=1S/C19H24N2O4S/c1-4-21(14-16-8-6-5-7-9-16)19(22)13-20-26(23,24)18-12-15(2)10-11-17(18)25-3/h5-12,20H,4,13-14H2,1-3H3. The first-order valence-electron chi connectivity index (χ1n) is 8.33. The van der Waals surface area contributed by atoms with Crippen LogP contribution in [0.25, 0.3) is 0 Å². The van der Waals surface area contributed by atoms with Gasteiger partial charge in [0.25, 0.3) is 0 Å². The van der Waals surface area contributed by atoms with Crippen molar-refractivity contribution in [3.05, 3.63) is 59.7 Å². The fraction of sp³-hybridized carbons (Fsp3) is 0.316. The SMILES string of the molecule is CCN(Cc1ccccc1)C(=O)CNS(=O)(=O)c1cc(C)ccc1OC. The molecule has 0 unspecified atom stereocenters. The summed E-state index contributed by atoms with van der Waals surface area (Å²) in [4.78, 5) is 14.1. The Morgan fingerprint density at radius 3 is 2.46 bits per heavy atom. The van der Waals surface area contributed by atoms with Crippen LogP contribution in [0.1, 0.15) is 18.1 Å². The van der Waals surface area contributed by atoms with E-state index in [-0.39, 0.29) is 23.1 Å². The van der Waals surface area contributed by atoms with Crippen LogP contribution in [0.5, 0.6) is 5.75 Å². The van der Waals surface area contributed by atoms with Crippen LogP contribution in [-0.4, -0.2) is 39.4 Å². The van der Waals surface area contributed by atoms with Gasteiger partial charge in [0.15, 0.2) is 0 Å². The zero-order valence-corrected chi connectivity index (χ0v) is 16.0. The van der Waals surface area contributed by atoms with Gasteiger partial charge in [-0.2, -0.15) is 0 Å². The van der Waals surface area contributed by atoms with Gasteiger partial charge in [0.2, 0.25) is 15.9 Å². The Labute approximate surface area is 154 Å². The average Bonchev–Trinajstić information content (AvgIpc) is 2.65. The van der Waals surface area contributed by atoms with Crippen molar-refractivity contribution in [2.75, 3.05) is 20.2 Å². The summed E-state index contributed by atoms with van der Waals surface area (Å²) in [5, 5.41) is 0.